The van der Waals surface area contributed by atoms with Gasteiger partial charge in [0.15, 0.2) is 5.76 Å². The molecule has 0 unspecified atom stereocenters. The van der Waals surface area contributed by atoms with Gasteiger partial charge in [0.2, 0.25) is 5.91 Å². The molecule has 152 valence electrons. The second-order valence-corrected chi connectivity index (χ2v) is 7.95. The van der Waals surface area contributed by atoms with Gasteiger partial charge in [-0.05, 0) is 19.8 Å². The molecule has 2 fully saturated rings. The van der Waals surface area contributed by atoms with Crippen LogP contribution in [0.2, 0.25) is 0 Å². The van der Waals surface area contributed by atoms with Gasteiger partial charge in [0.05, 0.1) is 24.5 Å². The van der Waals surface area contributed by atoms with Crippen molar-refractivity contribution >= 4 is 11.7 Å². The average molecular weight is 387 g/mol. The van der Waals surface area contributed by atoms with E-state index in [-0.39, 0.29) is 5.91 Å². The Morgan fingerprint density at radius 1 is 1.21 bits per heavy atom. The molecule has 1 amide bonds. The van der Waals surface area contributed by atoms with E-state index < -0.39 is 0 Å². The highest BCUT2D eigenvalue weighted by atomic mass is 16.5. The fourth-order valence-electron chi connectivity index (χ4n) is 4.20. The van der Waals surface area contributed by atoms with Crippen LogP contribution < -0.4 is 5.32 Å². The van der Waals surface area contributed by atoms with E-state index >= 15 is 0 Å². The molecule has 2 aromatic rings. The SMILES string of the molecule is Cc1cc(CN2CCN(CCC(=O)Nc3ccnn3C3CCCC3)CC2)on1. The molecule has 1 saturated carbocycles. The quantitative estimate of drug-likeness (QED) is 0.787. The van der Waals surface area contributed by atoms with Crippen molar-refractivity contribution in [2.24, 2.45) is 0 Å². The number of amides is 1. The molecule has 2 aromatic heterocycles. The number of hydrogen-bond donors (Lipinski definition) is 1. The lowest BCUT2D eigenvalue weighted by atomic mass is 10.2. The van der Waals surface area contributed by atoms with E-state index in [0.29, 0.717) is 12.5 Å². The molecule has 2 aliphatic rings. The van der Waals surface area contributed by atoms with E-state index in [1.54, 1.807) is 6.20 Å². The second kappa shape index (κ2) is 8.87. The first-order valence-corrected chi connectivity index (χ1v) is 10.4. The van der Waals surface area contributed by atoms with E-state index in [9.17, 15) is 4.79 Å². The van der Waals surface area contributed by atoms with Crippen LogP contribution in [0.3, 0.4) is 0 Å². The van der Waals surface area contributed by atoms with Crippen molar-refractivity contribution in [2.45, 2.75) is 51.6 Å². The maximum Gasteiger partial charge on any atom is 0.226 e. The molecule has 4 rings (SSSR count). The molecule has 0 spiro atoms. The predicted molar refractivity (Wildman–Crippen MR) is 106 cm³/mol. The van der Waals surface area contributed by atoms with Crippen LogP contribution in [0.4, 0.5) is 5.82 Å². The number of nitrogens with one attached hydrogen (secondary N) is 1. The summed E-state index contributed by atoms with van der Waals surface area (Å²) in [5, 5.41) is 11.4. The summed E-state index contributed by atoms with van der Waals surface area (Å²) < 4.78 is 7.30. The zero-order chi connectivity index (χ0) is 19.3. The summed E-state index contributed by atoms with van der Waals surface area (Å²) in [6.45, 7) is 7.45. The third kappa shape index (κ3) is 4.80. The highest BCUT2D eigenvalue weighted by Crippen LogP contribution is 2.31. The van der Waals surface area contributed by atoms with Gasteiger partial charge in [0.25, 0.3) is 0 Å². The molecule has 1 N–H and O–H groups in total. The van der Waals surface area contributed by atoms with E-state index in [1.807, 2.05) is 23.7 Å². The first kappa shape index (κ1) is 19.1. The molecule has 1 aliphatic carbocycles. The van der Waals surface area contributed by atoms with Crippen LogP contribution in [0.15, 0.2) is 22.9 Å². The Kier molecular flexibility index (Phi) is 6.07. The number of carbonyl (C=O) groups is 1. The van der Waals surface area contributed by atoms with Crippen molar-refractivity contribution in [2.75, 3.05) is 38.0 Å². The van der Waals surface area contributed by atoms with Crippen molar-refractivity contribution in [1.29, 1.82) is 0 Å². The van der Waals surface area contributed by atoms with Crippen molar-refractivity contribution < 1.29 is 9.32 Å². The molecule has 28 heavy (non-hydrogen) atoms. The van der Waals surface area contributed by atoms with Gasteiger partial charge in [0, 0.05) is 51.3 Å². The molecule has 8 heteroatoms. The molecule has 8 nitrogen and oxygen atoms in total. The van der Waals surface area contributed by atoms with Gasteiger partial charge in [-0.15, -0.1) is 0 Å². The van der Waals surface area contributed by atoms with E-state index in [4.69, 9.17) is 4.52 Å². The third-order valence-corrected chi connectivity index (χ3v) is 5.78. The summed E-state index contributed by atoms with van der Waals surface area (Å²) in [6.07, 6.45) is 7.10. The highest BCUT2D eigenvalue weighted by Gasteiger charge is 2.21. The van der Waals surface area contributed by atoms with Crippen LogP contribution in [-0.2, 0) is 11.3 Å². The van der Waals surface area contributed by atoms with E-state index in [0.717, 1.165) is 69.4 Å². The minimum absolute atomic E-state index is 0.0688. The molecule has 0 atom stereocenters. The van der Waals surface area contributed by atoms with E-state index in [1.165, 1.54) is 12.8 Å². The van der Waals surface area contributed by atoms with Gasteiger partial charge in [-0.25, -0.2) is 4.68 Å². The van der Waals surface area contributed by atoms with Crippen LogP contribution in [0, 0.1) is 6.92 Å². The summed E-state index contributed by atoms with van der Waals surface area (Å²) in [5.41, 5.74) is 0.925. The topological polar surface area (TPSA) is 79.4 Å². The number of anilines is 1. The fourth-order valence-corrected chi connectivity index (χ4v) is 4.20. The molecule has 3 heterocycles. The van der Waals surface area contributed by atoms with Gasteiger partial charge in [-0.1, -0.05) is 18.0 Å². The number of carbonyl (C=O) groups excluding carboxylic acids is 1. The van der Waals surface area contributed by atoms with Crippen molar-refractivity contribution in [1.82, 2.24) is 24.7 Å². The van der Waals surface area contributed by atoms with Crippen LogP contribution >= 0.6 is 0 Å². The smallest absolute Gasteiger partial charge is 0.226 e. The van der Waals surface area contributed by atoms with Crippen LogP contribution in [-0.4, -0.2) is 63.4 Å². The number of rotatable bonds is 7. The summed E-state index contributed by atoms with van der Waals surface area (Å²) in [6, 6.07) is 4.33. The first-order valence-electron chi connectivity index (χ1n) is 10.4. The number of aromatic nitrogens is 3. The molecule has 0 radical (unpaired) electrons. The largest absolute Gasteiger partial charge is 0.360 e. The molecule has 0 bridgehead atoms. The van der Waals surface area contributed by atoms with Crippen molar-refractivity contribution in [3.8, 4) is 0 Å². The Labute approximate surface area is 165 Å². The zero-order valence-corrected chi connectivity index (χ0v) is 16.6. The lowest BCUT2D eigenvalue weighted by molar-refractivity contribution is -0.116. The van der Waals surface area contributed by atoms with Gasteiger partial charge in [0.1, 0.15) is 5.82 Å². The monoisotopic (exact) mass is 386 g/mol. The average Bonchev–Trinajstić information content (AvgIpc) is 3.43. The van der Waals surface area contributed by atoms with Gasteiger partial charge < -0.3 is 14.7 Å². The Bertz CT molecular complexity index is 771. The third-order valence-electron chi connectivity index (χ3n) is 5.78. The van der Waals surface area contributed by atoms with Crippen molar-refractivity contribution in [3.05, 3.63) is 29.8 Å². The molecular weight excluding hydrogens is 356 g/mol. The second-order valence-electron chi connectivity index (χ2n) is 7.95. The van der Waals surface area contributed by atoms with Crippen LogP contribution in [0.1, 0.15) is 49.6 Å². The Hall–Kier alpha value is -2.19. The minimum atomic E-state index is 0.0688. The lowest BCUT2D eigenvalue weighted by Gasteiger charge is -2.33. The van der Waals surface area contributed by atoms with Gasteiger partial charge >= 0.3 is 0 Å². The summed E-state index contributed by atoms with van der Waals surface area (Å²) in [5.74, 6) is 1.83. The first-order chi connectivity index (χ1) is 13.7. The zero-order valence-electron chi connectivity index (χ0n) is 16.6. The van der Waals surface area contributed by atoms with Crippen molar-refractivity contribution in [3.63, 3.8) is 0 Å². The standard InChI is InChI=1S/C20H30N6O2/c1-16-14-18(28-23-16)15-25-12-10-24(11-13-25)9-7-20(27)22-19-6-8-21-26(19)17-4-2-3-5-17/h6,8,14,17H,2-5,7,9-13,15H2,1H3,(H,22,27). The number of hydrogen-bond acceptors (Lipinski definition) is 6. The molecular formula is C20H30N6O2. The molecule has 1 aliphatic heterocycles. The van der Waals surface area contributed by atoms with Gasteiger partial charge in [-0.3, -0.25) is 9.69 Å². The summed E-state index contributed by atoms with van der Waals surface area (Å²) >= 11 is 0. The highest BCUT2D eigenvalue weighted by molar-refractivity contribution is 5.89. The van der Waals surface area contributed by atoms with Crippen LogP contribution in [0.5, 0.6) is 0 Å². The summed E-state index contributed by atoms with van der Waals surface area (Å²) in [4.78, 5) is 17.1. The van der Waals surface area contributed by atoms with E-state index in [2.05, 4.69) is 25.4 Å². The predicted octanol–water partition coefficient (Wildman–Crippen LogP) is 2.44. The number of piperazine rings is 1. The fraction of sp³-hybridized carbons (Fsp3) is 0.650. The minimum Gasteiger partial charge on any atom is -0.360 e. The van der Waals surface area contributed by atoms with Crippen LogP contribution in [0.25, 0.3) is 0 Å². The maximum absolute atomic E-state index is 12.4. The summed E-state index contributed by atoms with van der Waals surface area (Å²) in [7, 11) is 0. The normalized spacial score (nSPS) is 19.3. The Morgan fingerprint density at radius 2 is 1.96 bits per heavy atom. The molecule has 1 saturated heterocycles. The molecule has 0 aromatic carbocycles. The van der Waals surface area contributed by atoms with Gasteiger partial charge in [-0.2, -0.15) is 5.10 Å². The maximum atomic E-state index is 12.4. The number of nitrogens with zero attached hydrogens (tertiary/aromatic N) is 5. The Morgan fingerprint density at radius 3 is 2.68 bits per heavy atom. The number of aryl methyl sites for hydroxylation is 1. The lowest BCUT2D eigenvalue weighted by Crippen LogP contribution is -2.46. The Balaban J connectivity index is 1.18.